The molecule has 1 heterocycles. The molecule has 0 saturated heterocycles. The normalized spacial score (nSPS) is 10.7. The van der Waals surface area contributed by atoms with Gasteiger partial charge in [-0.15, -0.1) is 0 Å². The minimum absolute atomic E-state index is 0.242. The number of rotatable bonds is 5. The molecule has 0 aliphatic carbocycles. The molecule has 3 aromatic carbocycles. The first-order chi connectivity index (χ1) is 14.4. The summed E-state index contributed by atoms with van der Waals surface area (Å²) in [4.78, 5) is 41.8. The average Bonchev–Trinajstić information content (AvgIpc) is 3.19. The molecule has 6 heteroatoms. The first-order valence-corrected chi connectivity index (χ1v) is 10.2. The summed E-state index contributed by atoms with van der Waals surface area (Å²) in [5, 5.41) is 3.33. The van der Waals surface area contributed by atoms with E-state index in [2.05, 4.69) is 10.3 Å². The van der Waals surface area contributed by atoms with E-state index < -0.39 is 11.6 Å². The van der Waals surface area contributed by atoms with Crippen LogP contribution in [0, 0.1) is 13.8 Å². The van der Waals surface area contributed by atoms with Crippen LogP contribution in [0.1, 0.15) is 42.2 Å². The summed E-state index contributed by atoms with van der Waals surface area (Å²) in [5.74, 6) is -1.50. The Morgan fingerprint density at radius 1 is 0.767 bits per heavy atom. The fourth-order valence-corrected chi connectivity index (χ4v) is 3.99. The second-order valence-corrected chi connectivity index (χ2v) is 7.96. The molecule has 148 valence electrons. The molecule has 0 saturated carbocycles. The second-order valence-electron chi connectivity index (χ2n) is 6.93. The van der Waals surface area contributed by atoms with Crippen LogP contribution in [-0.4, -0.2) is 22.5 Å². The smallest absolute Gasteiger partial charge is 0.257 e. The summed E-state index contributed by atoms with van der Waals surface area (Å²) in [6.07, 6.45) is 0. The summed E-state index contributed by atoms with van der Waals surface area (Å²) < 4.78 is 1.01. The standard InChI is InChI=1S/C24H18N2O3S/c1-14-8-13-19-20(15(14)2)25-24(30-19)26-23(29)18-11-9-17(10-12-18)22(28)21(27)16-6-4-3-5-7-16/h3-13H,1-2H3,(H,25,26,29). The Labute approximate surface area is 177 Å². The van der Waals surface area contributed by atoms with Crippen molar-refractivity contribution in [2.24, 2.45) is 0 Å². The van der Waals surface area contributed by atoms with Crippen LogP contribution in [0.3, 0.4) is 0 Å². The molecule has 5 nitrogen and oxygen atoms in total. The number of ketones is 2. The average molecular weight is 414 g/mol. The van der Waals surface area contributed by atoms with Gasteiger partial charge in [-0.05, 0) is 43.2 Å². The number of aryl methyl sites for hydroxylation is 2. The number of nitrogens with zero attached hydrogens (tertiary/aromatic N) is 1. The summed E-state index contributed by atoms with van der Waals surface area (Å²) in [7, 11) is 0. The third-order valence-corrected chi connectivity index (χ3v) is 5.89. The van der Waals surface area contributed by atoms with Gasteiger partial charge in [0.05, 0.1) is 10.2 Å². The topological polar surface area (TPSA) is 76.1 Å². The Morgan fingerprint density at radius 3 is 2.03 bits per heavy atom. The lowest BCUT2D eigenvalue weighted by atomic mass is 10.0. The molecule has 0 bridgehead atoms. The van der Waals surface area contributed by atoms with Gasteiger partial charge in [-0.2, -0.15) is 0 Å². The SMILES string of the molecule is Cc1ccc2sc(NC(=O)c3ccc(C(=O)C(=O)c4ccccc4)cc3)nc2c1C. The van der Waals surface area contributed by atoms with Crippen molar-refractivity contribution in [2.75, 3.05) is 5.32 Å². The monoisotopic (exact) mass is 414 g/mol. The van der Waals surface area contributed by atoms with Crippen molar-refractivity contribution >= 4 is 44.2 Å². The number of carbonyl (C=O) groups is 3. The number of thiazole rings is 1. The maximum absolute atomic E-state index is 12.6. The molecule has 30 heavy (non-hydrogen) atoms. The van der Waals surface area contributed by atoms with Gasteiger partial charge in [0.25, 0.3) is 5.91 Å². The number of carbonyl (C=O) groups excluding carboxylic acids is 3. The van der Waals surface area contributed by atoms with Crippen molar-refractivity contribution in [1.82, 2.24) is 4.98 Å². The highest BCUT2D eigenvalue weighted by Crippen LogP contribution is 2.29. The van der Waals surface area contributed by atoms with Gasteiger partial charge >= 0.3 is 0 Å². The van der Waals surface area contributed by atoms with Crippen molar-refractivity contribution < 1.29 is 14.4 Å². The summed E-state index contributed by atoms with van der Waals surface area (Å²) in [5.41, 5.74) is 4.09. The van der Waals surface area contributed by atoms with E-state index in [1.807, 2.05) is 26.0 Å². The van der Waals surface area contributed by atoms with Gasteiger partial charge in [0.2, 0.25) is 11.6 Å². The lowest BCUT2D eigenvalue weighted by Crippen LogP contribution is -2.15. The van der Waals surface area contributed by atoms with E-state index in [9.17, 15) is 14.4 Å². The highest BCUT2D eigenvalue weighted by Gasteiger charge is 2.19. The number of anilines is 1. The number of aromatic nitrogens is 1. The highest BCUT2D eigenvalue weighted by molar-refractivity contribution is 7.22. The number of amides is 1. The van der Waals surface area contributed by atoms with Crippen LogP contribution >= 0.6 is 11.3 Å². The van der Waals surface area contributed by atoms with E-state index in [0.717, 1.165) is 21.3 Å². The molecule has 0 spiro atoms. The van der Waals surface area contributed by atoms with E-state index >= 15 is 0 Å². The van der Waals surface area contributed by atoms with Gasteiger partial charge in [-0.1, -0.05) is 59.9 Å². The van der Waals surface area contributed by atoms with Crippen LogP contribution < -0.4 is 5.32 Å². The fraction of sp³-hybridized carbons (Fsp3) is 0.0833. The number of nitrogens with one attached hydrogen (secondary N) is 1. The van der Waals surface area contributed by atoms with Crippen molar-refractivity contribution in [3.63, 3.8) is 0 Å². The molecule has 1 N–H and O–H groups in total. The molecule has 4 rings (SSSR count). The molecule has 0 aliphatic heterocycles. The zero-order valence-electron chi connectivity index (χ0n) is 16.4. The summed E-state index contributed by atoms with van der Waals surface area (Å²) in [6, 6.07) is 18.5. The maximum Gasteiger partial charge on any atom is 0.257 e. The quantitative estimate of drug-likeness (QED) is 0.358. The maximum atomic E-state index is 12.6. The zero-order chi connectivity index (χ0) is 21.3. The van der Waals surface area contributed by atoms with Crippen LogP contribution in [-0.2, 0) is 0 Å². The van der Waals surface area contributed by atoms with E-state index in [0.29, 0.717) is 16.3 Å². The minimum Gasteiger partial charge on any atom is -0.298 e. The summed E-state index contributed by atoms with van der Waals surface area (Å²) >= 11 is 1.41. The zero-order valence-corrected chi connectivity index (χ0v) is 17.2. The third kappa shape index (κ3) is 3.77. The Bertz CT molecular complexity index is 1280. The van der Waals surface area contributed by atoms with Gasteiger partial charge in [0.15, 0.2) is 5.13 Å². The molecule has 1 aromatic heterocycles. The molecule has 1 amide bonds. The molecule has 0 fully saturated rings. The molecular formula is C24H18N2O3S. The van der Waals surface area contributed by atoms with Crippen molar-refractivity contribution in [2.45, 2.75) is 13.8 Å². The fourth-order valence-electron chi connectivity index (χ4n) is 3.07. The Balaban J connectivity index is 1.50. The van der Waals surface area contributed by atoms with Crippen LogP contribution in [0.2, 0.25) is 0 Å². The van der Waals surface area contributed by atoms with Gasteiger partial charge in [-0.3, -0.25) is 19.7 Å². The Morgan fingerprint density at radius 2 is 1.37 bits per heavy atom. The molecule has 0 unspecified atom stereocenters. The first-order valence-electron chi connectivity index (χ1n) is 9.36. The van der Waals surface area contributed by atoms with E-state index in [4.69, 9.17) is 0 Å². The van der Waals surface area contributed by atoms with Crippen LogP contribution in [0.4, 0.5) is 5.13 Å². The third-order valence-electron chi connectivity index (χ3n) is 4.96. The highest BCUT2D eigenvalue weighted by atomic mass is 32.1. The van der Waals surface area contributed by atoms with Gasteiger partial charge in [-0.25, -0.2) is 4.98 Å². The molecule has 0 radical (unpaired) electrons. The molecule has 0 atom stereocenters. The lowest BCUT2D eigenvalue weighted by molar-refractivity contribution is 0.0817. The predicted octanol–water partition coefficient (Wildman–Crippen LogP) is 5.23. The first kappa shape index (κ1) is 19.7. The van der Waals surface area contributed by atoms with Crippen molar-refractivity contribution in [3.8, 4) is 0 Å². The van der Waals surface area contributed by atoms with Crippen LogP contribution in [0.5, 0.6) is 0 Å². The largest absolute Gasteiger partial charge is 0.298 e. The Kier molecular flexibility index (Phi) is 5.25. The number of hydrogen-bond donors (Lipinski definition) is 1. The predicted molar refractivity (Wildman–Crippen MR) is 119 cm³/mol. The minimum atomic E-state index is -0.606. The molecular weight excluding hydrogens is 396 g/mol. The second kappa shape index (κ2) is 8.00. The van der Waals surface area contributed by atoms with Crippen LogP contribution in [0.15, 0.2) is 66.7 Å². The number of hydrogen-bond acceptors (Lipinski definition) is 5. The van der Waals surface area contributed by atoms with Crippen LogP contribution in [0.25, 0.3) is 10.2 Å². The van der Waals surface area contributed by atoms with Gasteiger partial charge < -0.3 is 0 Å². The number of benzene rings is 3. The Hall–Kier alpha value is -3.64. The van der Waals surface area contributed by atoms with E-state index in [1.54, 1.807) is 30.3 Å². The van der Waals surface area contributed by atoms with E-state index in [1.165, 1.54) is 35.6 Å². The molecule has 4 aromatic rings. The van der Waals surface area contributed by atoms with Crippen molar-refractivity contribution in [3.05, 3.63) is 94.5 Å². The summed E-state index contributed by atoms with van der Waals surface area (Å²) in [6.45, 7) is 4.03. The van der Waals surface area contributed by atoms with Crippen molar-refractivity contribution in [1.29, 1.82) is 0 Å². The number of fused-ring (bicyclic) bond motifs is 1. The lowest BCUT2D eigenvalue weighted by Gasteiger charge is -2.04. The van der Waals surface area contributed by atoms with Gasteiger partial charge in [0, 0.05) is 16.7 Å². The number of Topliss-reactive ketones (excluding diaryl/α,β-unsaturated/α-hetero) is 2. The molecule has 0 aliphatic rings. The van der Waals surface area contributed by atoms with E-state index in [-0.39, 0.29) is 11.5 Å². The van der Waals surface area contributed by atoms with Gasteiger partial charge in [0.1, 0.15) is 0 Å².